The molecule has 0 aromatic heterocycles. The minimum atomic E-state index is -1.15. The zero-order valence-electron chi connectivity index (χ0n) is 17.5. The molecule has 0 amide bonds. The normalized spacial score (nSPS) is 13.3. The molecule has 0 spiro atoms. The summed E-state index contributed by atoms with van der Waals surface area (Å²) in [7, 11) is 0. The predicted molar refractivity (Wildman–Crippen MR) is 117 cm³/mol. The fourth-order valence-electron chi connectivity index (χ4n) is 3.81. The van der Waals surface area contributed by atoms with Gasteiger partial charge in [0.15, 0.2) is 0 Å². The van der Waals surface area contributed by atoms with Crippen LogP contribution in [0.1, 0.15) is 24.0 Å². The van der Waals surface area contributed by atoms with E-state index in [0.717, 1.165) is 30.3 Å². The van der Waals surface area contributed by atoms with E-state index in [1.54, 1.807) is 0 Å². The molecule has 0 bridgehead atoms. The van der Waals surface area contributed by atoms with Crippen molar-refractivity contribution < 1.29 is 29.5 Å². The summed E-state index contributed by atoms with van der Waals surface area (Å²) in [5, 5.41) is 69.6. The SMILES string of the molecule is O=[N+]([O-])C1=C(c2ccc([N+](=O)[O-])cc2[N+](=O)[O-])C([N+](=O)[O-])=C(c2cccc([N+](=O)[O-])c2[N+](=O)[O-])CC1. The van der Waals surface area contributed by atoms with Gasteiger partial charge in [0.25, 0.3) is 22.8 Å². The van der Waals surface area contributed by atoms with Crippen LogP contribution in [0.2, 0.25) is 0 Å². The first kappa shape index (κ1) is 25.0. The Morgan fingerprint density at radius 2 is 1.22 bits per heavy atom. The van der Waals surface area contributed by atoms with E-state index >= 15 is 0 Å². The average molecular weight is 502 g/mol. The molecule has 0 heterocycles. The van der Waals surface area contributed by atoms with E-state index < -0.39 is 98.8 Å². The fraction of sp³-hybridized carbons (Fsp3) is 0.111. The third-order valence-corrected chi connectivity index (χ3v) is 5.20. The monoisotopic (exact) mass is 502 g/mol. The first-order chi connectivity index (χ1) is 16.9. The molecular formula is C18H10N6O12. The van der Waals surface area contributed by atoms with Gasteiger partial charge in [-0.05, 0) is 18.6 Å². The largest absolute Gasteiger partial charge is 0.353 e. The maximum atomic E-state index is 12.2. The van der Waals surface area contributed by atoms with Crippen molar-refractivity contribution in [1.29, 1.82) is 0 Å². The van der Waals surface area contributed by atoms with Crippen LogP contribution in [0.3, 0.4) is 0 Å². The standard InChI is InChI=1S/C18H10N6O12/c25-19(26)9-4-5-12(15(8-9)22(31)32)16-13(20(27)28)7-6-11(18(16)24(35)36)10-2-1-3-14(21(29)30)17(10)23(33)34/h1-5,8H,6-7H2. The molecule has 0 atom stereocenters. The molecular weight excluding hydrogens is 492 g/mol. The minimum absolute atomic E-state index is 0.460. The lowest BCUT2D eigenvalue weighted by molar-refractivity contribution is -0.435. The zero-order valence-corrected chi connectivity index (χ0v) is 17.5. The van der Waals surface area contributed by atoms with Crippen LogP contribution in [0.5, 0.6) is 0 Å². The molecule has 36 heavy (non-hydrogen) atoms. The average Bonchev–Trinajstić information content (AvgIpc) is 2.81. The van der Waals surface area contributed by atoms with Gasteiger partial charge in [0.1, 0.15) is 5.57 Å². The lowest BCUT2D eigenvalue weighted by Gasteiger charge is -2.17. The molecule has 0 radical (unpaired) electrons. The van der Waals surface area contributed by atoms with Crippen LogP contribution in [0.25, 0.3) is 11.1 Å². The second-order valence-electron chi connectivity index (χ2n) is 7.07. The van der Waals surface area contributed by atoms with Gasteiger partial charge in [-0.15, -0.1) is 0 Å². The second-order valence-corrected chi connectivity index (χ2v) is 7.07. The van der Waals surface area contributed by atoms with E-state index in [1.807, 2.05) is 0 Å². The molecule has 18 heteroatoms. The number of nitro benzene ring substituents is 4. The zero-order chi connectivity index (χ0) is 26.9. The van der Waals surface area contributed by atoms with Gasteiger partial charge in [-0.2, -0.15) is 0 Å². The Morgan fingerprint density at radius 1 is 0.583 bits per heavy atom. The molecule has 0 aliphatic heterocycles. The van der Waals surface area contributed by atoms with E-state index in [4.69, 9.17) is 0 Å². The summed E-state index contributed by atoms with van der Waals surface area (Å²) in [5.41, 5.74) is -8.63. The maximum absolute atomic E-state index is 12.2. The van der Waals surface area contributed by atoms with Gasteiger partial charge < -0.3 is 0 Å². The molecule has 0 saturated carbocycles. The Morgan fingerprint density at radius 3 is 1.72 bits per heavy atom. The number of benzene rings is 2. The quantitative estimate of drug-likeness (QED) is 0.368. The van der Waals surface area contributed by atoms with Gasteiger partial charge >= 0.3 is 11.4 Å². The van der Waals surface area contributed by atoms with Crippen LogP contribution in [0.4, 0.5) is 22.7 Å². The van der Waals surface area contributed by atoms with Gasteiger partial charge in [-0.1, -0.05) is 6.07 Å². The highest BCUT2D eigenvalue weighted by atomic mass is 16.7. The summed E-state index contributed by atoms with van der Waals surface area (Å²) < 4.78 is 0. The van der Waals surface area contributed by atoms with Crippen LogP contribution in [0.15, 0.2) is 47.8 Å². The van der Waals surface area contributed by atoms with Crippen LogP contribution < -0.4 is 0 Å². The smallest absolute Gasteiger partial charge is 0.259 e. The summed E-state index contributed by atoms with van der Waals surface area (Å²) >= 11 is 0. The third kappa shape index (κ3) is 4.27. The highest BCUT2D eigenvalue weighted by Crippen LogP contribution is 2.47. The van der Waals surface area contributed by atoms with Crippen molar-refractivity contribution in [2.75, 3.05) is 0 Å². The number of rotatable bonds is 8. The Labute approximate surface area is 196 Å². The number of nitro groups is 6. The molecule has 1 aliphatic carbocycles. The first-order valence-electron chi connectivity index (χ1n) is 9.47. The Kier molecular flexibility index (Phi) is 6.44. The van der Waals surface area contributed by atoms with Gasteiger partial charge in [-0.25, -0.2) is 0 Å². The number of hydrogen-bond donors (Lipinski definition) is 0. The maximum Gasteiger partial charge on any atom is 0.353 e. The van der Waals surface area contributed by atoms with Crippen molar-refractivity contribution in [1.82, 2.24) is 0 Å². The molecule has 0 N–H and O–H groups in total. The lowest BCUT2D eigenvalue weighted by Crippen LogP contribution is -2.17. The summed E-state index contributed by atoms with van der Waals surface area (Å²) in [6.07, 6.45) is -1.14. The second kappa shape index (κ2) is 9.29. The number of para-hydroxylation sites is 1. The molecule has 18 nitrogen and oxygen atoms in total. The Hall–Kier alpha value is -5.68. The molecule has 0 fully saturated rings. The van der Waals surface area contributed by atoms with Gasteiger partial charge in [0.2, 0.25) is 0 Å². The molecule has 2 aromatic rings. The summed E-state index contributed by atoms with van der Waals surface area (Å²) in [6.45, 7) is 0. The van der Waals surface area contributed by atoms with E-state index in [9.17, 15) is 60.7 Å². The molecule has 2 aromatic carbocycles. The van der Waals surface area contributed by atoms with Crippen molar-refractivity contribution in [3.05, 3.63) is 120 Å². The highest BCUT2D eigenvalue weighted by molar-refractivity contribution is 5.94. The fourth-order valence-corrected chi connectivity index (χ4v) is 3.81. The van der Waals surface area contributed by atoms with Crippen LogP contribution >= 0.6 is 0 Å². The molecule has 0 saturated heterocycles. The number of hydrogen-bond acceptors (Lipinski definition) is 12. The van der Waals surface area contributed by atoms with Crippen LogP contribution in [0, 0.1) is 60.7 Å². The molecule has 3 rings (SSSR count). The molecule has 0 unspecified atom stereocenters. The molecule has 184 valence electrons. The predicted octanol–water partition coefficient (Wildman–Crippen LogP) is 3.79. The van der Waals surface area contributed by atoms with Gasteiger partial charge in [0, 0.05) is 24.1 Å². The van der Waals surface area contributed by atoms with Crippen molar-refractivity contribution in [3.63, 3.8) is 0 Å². The number of nitrogens with zero attached hydrogens (tertiary/aromatic N) is 6. The lowest BCUT2D eigenvalue weighted by atomic mass is 9.84. The van der Waals surface area contributed by atoms with Crippen molar-refractivity contribution in [3.8, 4) is 0 Å². The Balaban J connectivity index is 2.50. The van der Waals surface area contributed by atoms with E-state index in [-0.39, 0.29) is 0 Å². The first-order valence-corrected chi connectivity index (χ1v) is 9.47. The summed E-state index contributed by atoms with van der Waals surface area (Å²) in [4.78, 5) is 63.1. The van der Waals surface area contributed by atoms with Crippen molar-refractivity contribution >= 4 is 33.9 Å². The van der Waals surface area contributed by atoms with E-state index in [0.29, 0.717) is 6.07 Å². The summed E-state index contributed by atoms with van der Waals surface area (Å²) in [6, 6.07) is 4.71. The Bertz CT molecular complexity index is 1460. The van der Waals surface area contributed by atoms with Gasteiger partial charge in [-0.3, -0.25) is 60.7 Å². The van der Waals surface area contributed by atoms with E-state index in [2.05, 4.69) is 0 Å². The molecule has 1 aliphatic rings. The van der Waals surface area contributed by atoms with E-state index in [1.165, 1.54) is 0 Å². The third-order valence-electron chi connectivity index (χ3n) is 5.20. The van der Waals surface area contributed by atoms with Gasteiger partial charge in [0.05, 0.1) is 46.7 Å². The number of non-ortho nitro benzene ring substituents is 1. The minimum Gasteiger partial charge on any atom is -0.259 e. The van der Waals surface area contributed by atoms with Crippen LogP contribution in [-0.4, -0.2) is 29.5 Å². The van der Waals surface area contributed by atoms with Crippen molar-refractivity contribution in [2.45, 2.75) is 12.8 Å². The number of allylic oxidation sites excluding steroid dienone is 3. The topological polar surface area (TPSA) is 259 Å². The van der Waals surface area contributed by atoms with Crippen LogP contribution in [-0.2, 0) is 0 Å². The van der Waals surface area contributed by atoms with Crippen molar-refractivity contribution in [2.24, 2.45) is 0 Å². The highest BCUT2D eigenvalue weighted by Gasteiger charge is 2.43. The summed E-state index contributed by atoms with van der Waals surface area (Å²) in [5.74, 6) is 0.